The van der Waals surface area contributed by atoms with E-state index >= 15 is 0 Å². The fourth-order valence-electron chi connectivity index (χ4n) is 2.32. The van der Waals surface area contributed by atoms with Crippen molar-refractivity contribution < 1.29 is 0 Å². The summed E-state index contributed by atoms with van der Waals surface area (Å²) in [5, 5.41) is 9.92. The number of guanidine groups is 1. The van der Waals surface area contributed by atoms with Crippen LogP contribution in [0.3, 0.4) is 0 Å². The van der Waals surface area contributed by atoms with Crippen molar-refractivity contribution >= 4 is 47.1 Å². The Labute approximate surface area is 171 Å². The van der Waals surface area contributed by atoms with Crippen LogP contribution in [0.1, 0.15) is 23.5 Å². The minimum Gasteiger partial charge on any atom is -0.370 e. The third kappa shape index (κ3) is 8.00. The van der Waals surface area contributed by atoms with Crippen LogP contribution in [0.4, 0.5) is 5.82 Å². The van der Waals surface area contributed by atoms with E-state index in [1.165, 1.54) is 0 Å². The quantitative estimate of drug-likeness (QED) is 0.266. The lowest BCUT2D eigenvalue weighted by molar-refractivity contribution is 0.469. The molecule has 6 nitrogen and oxygen atoms in total. The second-order valence-electron chi connectivity index (χ2n) is 5.54. The first-order chi connectivity index (χ1) is 11.7. The van der Waals surface area contributed by atoms with Crippen LogP contribution >= 0.6 is 35.3 Å². The first-order valence-corrected chi connectivity index (χ1v) is 9.04. The molecule has 2 N–H and O–H groups in total. The van der Waals surface area contributed by atoms with Crippen LogP contribution in [0.5, 0.6) is 0 Å². The summed E-state index contributed by atoms with van der Waals surface area (Å²) in [4.78, 5) is 15.2. The number of pyridine rings is 1. The van der Waals surface area contributed by atoms with Crippen molar-refractivity contribution in [2.75, 3.05) is 32.5 Å². The zero-order valence-corrected chi connectivity index (χ0v) is 18.2. The third-order valence-electron chi connectivity index (χ3n) is 3.50. The molecule has 0 bridgehead atoms. The highest BCUT2D eigenvalue weighted by molar-refractivity contribution is 14.0. The molecule has 0 radical (unpaired) electrons. The zero-order valence-electron chi connectivity index (χ0n) is 15.0. The second-order valence-corrected chi connectivity index (χ2v) is 6.60. The van der Waals surface area contributed by atoms with Gasteiger partial charge in [-0.05, 0) is 31.9 Å². The predicted octanol–water partition coefficient (Wildman–Crippen LogP) is 3.36. The normalized spacial score (nSPS) is 10.9. The van der Waals surface area contributed by atoms with Crippen molar-refractivity contribution in [3.63, 3.8) is 0 Å². The lowest BCUT2D eigenvalue weighted by Gasteiger charge is -2.21. The number of anilines is 1. The molecular formula is C17H27IN6S. The summed E-state index contributed by atoms with van der Waals surface area (Å²) in [5.74, 6) is 1.83. The number of unbranched alkanes of at least 4 members (excludes halogenated alkanes) is 1. The Bertz CT molecular complexity index is 631. The van der Waals surface area contributed by atoms with Crippen LogP contribution < -0.4 is 10.6 Å². The minimum absolute atomic E-state index is 0. The number of nitrogens with zero attached hydrogens (tertiary/aromatic N) is 4. The number of aryl methyl sites for hydroxylation is 1. The van der Waals surface area contributed by atoms with E-state index in [-0.39, 0.29) is 24.0 Å². The number of hydrogen-bond acceptors (Lipinski definition) is 5. The van der Waals surface area contributed by atoms with Gasteiger partial charge in [-0.1, -0.05) is 6.07 Å². The Morgan fingerprint density at radius 3 is 2.72 bits per heavy atom. The number of aliphatic imine (C=N–C) groups is 1. The molecule has 0 spiro atoms. The van der Waals surface area contributed by atoms with Crippen LogP contribution in [0.2, 0.25) is 0 Å². The summed E-state index contributed by atoms with van der Waals surface area (Å²) < 4.78 is 0. The van der Waals surface area contributed by atoms with Gasteiger partial charge in [0.2, 0.25) is 0 Å². The molecule has 2 aromatic rings. The van der Waals surface area contributed by atoms with Crippen molar-refractivity contribution in [2.24, 2.45) is 4.99 Å². The van der Waals surface area contributed by atoms with Gasteiger partial charge in [0.15, 0.2) is 5.96 Å². The molecule has 2 rings (SSSR count). The van der Waals surface area contributed by atoms with Gasteiger partial charge in [-0.2, -0.15) is 0 Å². The maximum absolute atomic E-state index is 4.50. The van der Waals surface area contributed by atoms with Gasteiger partial charge in [-0.3, -0.25) is 4.99 Å². The maximum Gasteiger partial charge on any atom is 0.193 e. The van der Waals surface area contributed by atoms with E-state index in [1.54, 1.807) is 17.5 Å². The Hall–Kier alpha value is -1.42. The monoisotopic (exact) mass is 474 g/mol. The van der Waals surface area contributed by atoms with Crippen molar-refractivity contribution in [1.29, 1.82) is 0 Å². The first kappa shape index (κ1) is 21.6. The highest BCUT2D eigenvalue weighted by atomic mass is 127. The van der Waals surface area contributed by atoms with E-state index in [4.69, 9.17) is 0 Å². The van der Waals surface area contributed by atoms with Gasteiger partial charge in [0.1, 0.15) is 5.82 Å². The topological polar surface area (TPSA) is 65.4 Å². The lowest BCUT2D eigenvalue weighted by atomic mass is 10.3. The van der Waals surface area contributed by atoms with Gasteiger partial charge in [0, 0.05) is 38.8 Å². The van der Waals surface area contributed by atoms with Gasteiger partial charge < -0.3 is 15.5 Å². The van der Waals surface area contributed by atoms with Gasteiger partial charge in [0.05, 0.1) is 17.2 Å². The minimum atomic E-state index is 0. The molecule has 0 aliphatic rings. The largest absolute Gasteiger partial charge is 0.370 e. The number of thiazole rings is 1. The Kier molecular flexibility index (Phi) is 10.4. The van der Waals surface area contributed by atoms with Crippen molar-refractivity contribution in [3.05, 3.63) is 40.5 Å². The van der Waals surface area contributed by atoms with Gasteiger partial charge in [0.25, 0.3) is 0 Å². The highest BCUT2D eigenvalue weighted by Crippen LogP contribution is 2.09. The first-order valence-electron chi connectivity index (χ1n) is 8.16. The number of halogens is 1. The Morgan fingerprint density at radius 1 is 1.28 bits per heavy atom. The summed E-state index contributed by atoms with van der Waals surface area (Å²) in [7, 11) is 3.85. The van der Waals surface area contributed by atoms with Crippen LogP contribution in [-0.2, 0) is 6.54 Å². The molecule has 0 atom stereocenters. The summed E-state index contributed by atoms with van der Waals surface area (Å²) >= 11 is 1.68. The predicted molar refractivity (Wildman–Crippen MR) is 117 cm³/mol. The molecule has 2 heterocycles. The van der Waals surface area contributed by atoms with Crippen molar-refractivity contribution in [1.82, 2.24) is 20.2 Å². The van der Waals surface area contributed by atoms with E-state index in [0.29, 0.717) is 0 Å². The van der Waals surface area contributed by atoms with Gasteiger partial charge >= 0.3 is 0 Å². The highest BCUT2D eigenvalue weighted by Gasteiger charge is 2.08. The number of nitrogens with one attached hydrogen (secondary N) is 2. The fraction of sp³-hybridized carbons (Fsp3) is 0.471. The summed E-state index contributed by atoms with van der Waals surface area (Å²) in [5.41, 5.74) is 1.09. The average Bonchev–Trinajstić information content (AvgIpc) is 3.00. The molecule has 25 heavy (non-hydrogen) atoms. The molecule has 0 aromatic carbocycles. The number of hydrogen-bond donors (Lipinski definition) is 2. The van der Waals surface area contributed by atoms with Crippen molar-refractivity contribution in [3.8, 4) is 0 Å². The molecule has 0 unspecified atom stereocenters. The molecule has 0 amide bonds. The Balaban J connectivity index is 0.00000312. The molecule has 0 fully saturated rings. The van der Waals surface area contributed by atoms with Crippen molar-refractivity contribution in [2.45, 2.75) is 26.3 Å². The molecule has 0 aliphatic heterocycles. The number of aromatic nitrogens is 2. The molecular weight excluding hydrogens is 447 g/mol. The second kappa shape index (κ2) is 12.0. The van der Waals surface area contributed by atoms with E-state index < -0.39 is 0 Å². The smallest absolute Gasteiger partial charge is 0.193 e. The third-order valence-corrected chi connectivity index (χ3v) is 4.32. The molecule has 138 valence electrons. The lowest BCUT2D eigenvalue weighted by Crippen LogP contribution is -2.39. The molecule has 2 aromatic heterocycles. The van der Waals surface area contributed by atoms with E-state index in [2.05, 4.69) is 35.9 Å². The van der Waals surface area contributed by atoms with E-state index in [9.17, 15) is 0 Å². The molecule has 0 saturated carbocycles. The standard InChI is InChI=1S/C17H26N6S.HI/c1-14-22-15(13-24-14)12-23(3)17(18-2)21-11-7-6-10-20-16-8-4-5-9-19-16;/h4-5,8-9,13H,6-7,10-12H2,1-3H3,(H,18,21)(H,19,20);1H. The van der Waals surface area contributed by atoms with Crippen LogP contribution in [-0.4, -0.2) is 48.0 Å². The van der Waals surface area contributed by atoms with Gasteiger partial charge in [-0.15, -0.1) is 35.3 Å². The molecule has 8 heteroatoms. The molecule has 0 aliphatic carbocycles. The summed E-state index contributed by atoms with van der Waals surface area (Å²) in [6.45, 7) is 4.62. The fourth-order valence-corrected chi connectivity index (χ4v) is 2.92. The van der Waals surface area contributed by atoms with E-state index in [1.807, 2.05) is 39.2 Å². The van der Waals surface area contributed by atoms with Crippen LogP contribution in [0.25, 0.3) is 0 Å². The zero-order chi connectivity index (χ0) is 17.2. The maximum atomic E-state index is 4.50. The average molecular weight is 474 g/mol. The van der Waals surface area contributed by atoms with Gasteiger partial charge in [-0.25, -0.2) is 9.97 Å². The number of rotatable bonds is 8. The summed E-state index contributed by atoms with van der Waals surface area (Å²) in [6.07, 6.45) is 3.95. The Morgan fingerprint density at radius 2 is 2.08 bits per heavy atom. The van der Waals surface area contributed by atoms with Crippen LogP contribution in [0.15, 0.2) is 34.8 Å². The summed E-state index contributed by atoms with van der Waals surface area (Å²) in [6, 6.07) is 5.89. The SMILES string of the molecule is CN=C(NCCCCNc1ccccn1)N(C)Cc1csc(C)n1.I. The van der Waals surface area contributed by atoms with E-state index in [0.717, 1.165) is 55.0 Å². The van der Waals surface area contributed by atoms with Crippen LogP contribution in [0, 0.1) is 6.92 Å². The molecule has 0 saturated heterocycles.